The van der Waals surface area contributed by atoms with Crippen LogP contribution in [0.3, 0.4) is 0 Å². The molecule has 1 aromatic heterocycles. The Bertz CT molecular complexity index is 337. The summed E-state index contributed by atoms with van der Waals surface area (Å²) < 4.78 is 5.00. The van der Waals surface area contributed by atoms with E-state index in [0.29, 0.717) is 12.2 Å². The standard InChI is InChI=1S/C13H19NO2/c1-2-5-13(6-3-7-14-13)12(15)9-11-4-8-16-10-11/h4,8,10,14H,2-3,5-7,9H2,1H3. The van der Waals surface area contributed by atoms with Crippen LogP contribution in [0, 0.1) is 0 Å². The largest absolute Gasteiger partial charge is 0.472 e. The minimum Gasteiger partial charge on any atom is -0.472 e. The fourth-order valence-corrected chi connectivity index (χ4v) is 2.57. The molecule has 2 heterocycles. The first-order valence-corrected chi connectivity index (χ1v) is 6.06. The van der Waals surface area contributed by atoms with Crippen LogP contribution in [0.2, 0.25) is 0 Å². The van der Waals surface area contributed by atoms with Gasteiger partial charge in [0.2, 0.25) is 0 Å². The average molecular weight is 221 g/mol. The molecular formula is C13H19NO2. The van der Waals surface area contributed by atoms with Gasteiger partial charge in [-0.3, -0.25) is 4.79 Å². The predicted octanol–water partition coefficient (Wildman–Crippen LogP) is 2.31. The van der Waals surface area contributed by atoms with Crippen molar-refractivity contribution in [2.24, 2.45) is 0 Å². The molecule has 0 amide bonds. The summed E-state index contributed by atoms with van der Waals surface area (Å²) in [6.45, 7) is 3.10. The summed E-state index contributed by atoms with van der Waals surface area (Å²) in [6, 6.07) is 1.87. The molecule has 3 heteroatoms. The molecule has 1 aromatic rings. The van der Waals surface area contributed by atoms with Crippen LogP contribution in [0.15, 0.2) is 23.0 Å². The maximum atomic E-state index is 12.3. The molecule has 1 aliphatic rings. The molecule has 1 atom stereocenters. The van der Waals surface area contributed by atoms with Crippen molar-refractivity contribution in [2.45, 2.75) is 44.6 Å². The van der Waals surface area contributed by atoms with Gasteiger partial charge in [0.25, 0.3) is 0 Å². The van der Waals surface area contributed by atoms with E-state index in [1.54, 1.807) is 12.5 Å². The lowest BCUT2D eigenvalue weighted by molar-refractivity contribution is -0.124. The molecule has 1 fully saturated rings. The summed E-state index contributed by atoms with van der Waals surface area (Å²) in [7, 11) is 0. The monoisotopic (exact) mass is 221 g/mol. The number of carbonyl (C=O) groups excluding carboxylic acids is 1. The van der Waals surface area contributed by atoms with Gasteiger partial charge in [-0.1, -0.05) is 13.3 Å². The van der Waals surface area contributed by atoms with Gasteiger partial charge in [0.15, 0.2) is 5.78 Å². The van der Waals surface area contributed by atoms with Gasteiger partial charge in [0.05, 0.1) is 18.1 Å². The van der Waals surface area contributed by atoms with Crippen molar-refractivity contribution >= 4 is 5.78 Å². The SMILES string of the molecule is CCCC1(C(=O)Cc2ccoc2)CCCN1. The summed E-state index contributed by atoms with van der Waals surface area (Å²) in [6.07, 6.45) is 7.86. The van der Waals surface area contributed by atoms with E-state index < -0.39 is 0 Å². The Labute approximate surface area is 96.2 Å². The normalized spacial score (nSPS) is 24.8. The van der Waals surface area contributed by atoms with Crippen LogP contribution in [0.4, 0.5) is 0 Å². The number of ketones is 1. The average Bonchev–Trinajstić information content (AvgIpc) is 2.89. The third-order valence-electron chi connectivity index (χ3n) is 3.40. The lowest BCUT2D eigenvalue weighted by Crippen LogP contribution is -2.48. The van der Waals surface area contributed by atoms with Crippen molar-refractivity contribution < 1.29 is 9.21 Å². The molecule has 2 rings (SSSR count). The highest BCUT2D eigenvalue weighted by molar-refractivity contribution is 5.90. The van der Waals surface area contributed by atoms with Gasteiger partial charge >= 0.3 is 0 Å². The zero-order valence-corrected chi connectivity index (χ0v) is 9.79. The lowest BCUT2D eigenvalue weighted by Gasteiger charge is -2.27. The van der Waals surface area contributed by atoms with Gasteiger partial charge in [-0.05, 0) is 37.4 Å². The molecule has 0 saturated carbocycles. The van der Waals surface area contributed by atoms with E-state index in [-0.39, 0.29) is 5.54 Å². The number of rotatable bonds is 5. The highest BCUT2D eigenvalue weighted by Gasteiger charge is 2.39. The van der Waals surface area contributed by atoms with Gasteiger partial charge < -0.3 is 9.73 Å². The molecule has 0 bridgehead atoms. The first kappa shape index (κ1) is 11.4. The van der Waals surface area contributed by atoms with Crippen molar-refractivity contribution in [1.29, 1.82) is 0 Å². The van der Waals surface area contributed by atoms with Crippen LogP contribution in [0.5, 0.6) is 0 Å². The third-order valence-corrected chi connectivity index (χ3v) is 3.40. The maximum absolute atomic E-state index is 12.3. The molecule has 0 aliphatic carbocycles. The Morgan fingerprint density at radius 1 is 1.62 bits per heavy atom. The second kappa shape index (κ2) is 4.83. The van der Waals surface area contributed by atoms with E-state index in [2.05, 4.69) is 12.2 Å². The topological polar surface area (TPSA) is 42.2 Å². The zero-order valence-electron chi connectivity index (χ0n) is 9.79. The highest BCUT2D eigenvalue weighted by atomic mass is 16.3. The molecule has 88 valence electrons. The Hall–Kier alpha value is -1.09. The third kappa shape index (κ3) is 2.19. The smallest absolute Gasteiger partial charge is 0.157 e. The molecule has 0 radical (unpaired) electrons. The van der Waals surface area contributed by atoms with Crippen LogP contribution in [0.1, 0.15) is 38.2 Å². The van der Waals surface area contributed by atoms with Gasteiger partial charge in [0, 0.05) is 6.42 Å². The van der Waals surface area contributed by atoms with Crippen molar-refractivity contribution in [3.05, 3.63) is 24.2 Å². The Balaban J connectivity index is 2.05. The predicted molar refractivity (Wildman–Crippen MR) is 62.3 cm³/mol. The number of Topliss-reactive ketones (excluding diaryl/α,β-unsaturated/α-hetero) is 1. The highest BCUT2D eigenvalue weighted by Crippen LogP contribution is 2.27. The molecule has 1 aliphatic heterocycles. The Morgan fingerprint density at radius 3 is 3.06 bits per heavy atom. The molecule has 1 unspecified atom stereocenters. The van der Waals surface area contributed by atoms with Crippen LogP contribution >= 0.6 is 0 Å². The number of furan rings is 1. The van der Waals surface area contributed by atoms with Crippen LogP contribution in [-0.4, -0.2) is 17.9 Å². The van der Waals surface area contributed by atoms with E-state index >= 15 is 0 Å². The van der Waals surface area contributed by atoms with E-state index in [1.807, 2.05) is 6.07 Å². The van der Waals surface area contributed by atoms with E-state index in [4.69, 9.17) is 4.42 Å². The van der Waals surface area contributed by atoms with Gasteiger partial charge in [0.1, 0.15) is 0 Å². The number of carbonyl (C=O) groups is 1. The lowest BCUT2D eigenvalue weighted by atomic mass is 9.85. The molecule has 0 spiro atoms. The van der Waals surface area contributed by atoms with Gasteiger partial charge in [-0.25, -0.2) is 0 Å². The van der Waals surface area contributed by atoms with Crippen molar-refractivity contribution in [1.82, 2.24) is 5.32 Å². The molecule has 1 N–H and O–H groups in total. The molecule has 0 aromatic carbocycles. The zero-order chi connectivity index (χ0) is 11.4. The second-order valence-corrected chi connectivity index (χ2v) is 4.59. The quantitative estimate of drug-likeness (QED) is 0.829. The number of nitrogens with one attached hydrogen (secondary N) is 1. The summed E-state index contributed by atoms with van der Waals surface area (Å²) in [4.78, 5) is 12.3. The Kier molecular flexibility index (Phi) is 3.44. The van der Waals surface area contributed by atoms with Crippen LogP contribution in [-0.2, 0) is 11.2 Å². The van der Waals surface area contributed by atoms with Crippen molar-refractivity contribution in [2.75, 3.05) is 6.54 Å². The minimum atomic E-state index is -0.258. The van der Waals surface area contributed by atoms with Crippen LogP contribution in [0.25, 0.3) is 0 Å². The maximum Gasteiger partial charge on any atom is 0.157 e. The van der Waals surface area contributed by atoms with Gasteiger partial charge in [-0.2, -0.15) is 0 Å². The minimum absolute atomic E-state index is 0.258. The summed E-state index contributed by atoms with van der Waals surface area (Å²) >= 11 is 0. The fourth-order valence-electron chi connectivity index (χ4n) is 2.57. The van der Waals surface area contributed by atoms with Gasteiger partial charge in [-0.15, -0.1) is 0 Å². The van der Waals surface area contributed by atoms with Crippen LogP contribution < -0.4 is 5.32 Å². The van der Waals surface area contributed by atoms with E-state index in [9.17, 15) is 4.79 Å². The first-order valence-electron chi connectivity index (χ1n) is 6.06. The first-order chi connectivity index (χ1) is 7.77. The van der Waals surface area contributed by atoms with Crippen molar-refractivity contribution in [3.8, 4) is 0 Å². The number of hydrogen-bond acceptors (Lipinski definition) is 3. The Morgan fingerprint density at radius 2 is 2.50 bits per heavy atom. The molecule has 16 heavy (non-hydrogen) atoms. The second-order valence-electron chi connectivity index (χ2n) is 4.59. The van der Waals surface area contributed by atoms with Crippen molar-refractivity contribution in [3.63, 3.8) is 0 Å². The fraction of sp³-hybridized carbons (Fsp3) is 0.615. The summed E-state index contributed by atoms with van der Waals surface area (Å²) in [5, 5.41) is 3.40. The summed E-state index contributed by atoms with van der Waals surface area (Å²) in [5.74, 6) is 0.313. The molecule has 3 nitrogen and oxygen atoms in total. The van der Waals surface area contributed by atoms with E-state index in [0.717, 1.165) is 37.8 Å². The molecular weight excluding hydrogens is 202 g/mol. The summed E-state index contributed by atoms with van der Waals surface area (Å²) in [5.41, 5.74) is 0.723. The molecule has 1 saturated heterocycles. The number of hydrogen-bond donors (Lipinski definition) is 1. The van der Waals surface area contributed by atoms with E-state index in [1.165, 1.54) is 0 Å².